The van der Waals surface area contributed by atoms with Crippen molar-refractivity contribution in [1.82, 2.24) is 5.43 Å². The highest BCUT2D eigenvalue weighted by Gasteiger charge is 2.23. The Labute approximate surface area is 69.5 Å². The van der Waals surface area contributed by atoms with E-state index in [1.807, 2.05) is 0 Å². The van der Waals surface area contributed by atoms with Crippen molar-refractivity contribution in [3.05, 3.63) is 0 Å². The molecule has 1 rings (SSSR count). The Hall–Kier alpha value is -0.0800. The first-order chi connectivity index (χ1) is 5.14. The molecule has 0 saturated heterocycles. The van der Waals surface area contributed by atoms with Crippen LogP contribution in [0.4, 0.5) is 0 Å². The maximum atomic E-state index is 5.41. The molecule has 0 aromatic carbocycles. The maximum absolute atomic E-state index is 5.41. The molecule has 0 spiro atoms. The highest BCUT2D eigenvalue weighted by Crippen LogP contribution is 2.33. The van der Waals surface area contributed by atoms with E-state index < -0.39 is 0 Å². The van der Waals surface area contributed by atoms with E-state index in [1.54, 1.807) is 0 Å². The predicted octanol–water partition coefficient (Wildman–Crippen LogP) is 1.81. The molecule has 1 atom stereocenters. The van der Waals surface area contributed by atoms with Crippen LogP contribution in [-0.2, 0) is 0 Å². The van der Waals surface area contributed by atoms with Crippen LogP contribution >= 0.6 is 0 Å². The van der Waals surface area contributed by atoms with Crippen LogP contribution in [0.2, 0.25) is 0 Å². The quantitative estimate of drug-likeness (QED) is 0.345. The molecule has 0 heterocycles. The zero-order chi connectivity index (χ0) is 8.32. The average Bonchev–Trinajstić information content (AvgIpc) is 2.10. The second kappa shape index (κ2) is 3.55. The van der Waals surface area contributed by atoms with Crippen LogP contribution in [0.25, 0.3) is 0 Å². The minimum Gasteiger partial charge on any atom is -0.271 e. The third-order valence-corrected chi connectivity index (χ3v) is 2.81. The summed E-state index contributed by atoms with van der Waals surface area (Å²) in [6, 6.07) is 0.566. The van der Waals surface area contributed by atoms with Crippen LogP contribution in [-0.4, -0.2) is 6.04 Å². The zero-order valence-corrected chi connectivity index (χ0v) is 7.69. The predicted molar refractivity (Wildman–Crippen MR) is 48.0 cm³/mol. The molecule has 0 amide bonds. The lowest BCUT2D eigenvalue weighted by Crippen LogP contribution is -2.34. The summed E-state index contributed by atoms with van der Waals surface area (Å²) in [5, 5.41) is 0. The Balaban J connectivity index is 2.39. The summed E-state index contributed by atoms with van der Waals surface area (Å²) in [5.74, 6) is 5.41. The van der Waals surface area contributed by atoms with Crippen molar-refractivity contribution in [3.63, 3.8) is 0 Å². The van der Waals surface area contributed by atoms with Gasteiger partial charge < -0.3 is 0 Å². The van der Waals surface area contributed by atoms with Crippen molar-refractivity contribution in [1.29, 1.82) is 0 Å². The normalized spacial score (nSPS) is 31.4. The van der Waals surface area contributed by atoms with Gasteiger partial charge in [0.05, 0.1) is 0 Å². The van der Waals surface area contributed by atoms with Crippen LogP contribution in [0.15, 0.2) is 0 Å². The molecule has 3 N–H and O–H groups in total. The van der Waals surface area contributed by atoms with E-state index in [-0.39, 0.29) is 0 Å². The molecule has 0 aromatic heterocycles. The Morgan fingerprint density at radius 3 is 2.64 bits per heavy atom. The average molecular weight is 156 g/mol. The van der Waals surface area contributed by atoms with Gasteiger partial charge in [0.2, 0.25) is 0 Å². The zero-order valence-electron chi connectivity index (χ0n) is 7.69. The van der Waals surface area contributed by atoms with E-state index >= 15 is 0 Å². The van der Waals surface area contributed by atoms with E-state index in [1.165, 1.54) is 32.1 Å². The number of nitrogens with two attached hydrogens (primary N) is 1. The molecular weight excluding hydrogens is 136 g/mol. The summed E-state index contributed by atoms with van der Waals surface area (Å²) in [6.07, 6.45) is 6.47. The van der Waals surface area contributed by atoms with Crippen LogP contribution in [0.1, 0.15) is 46.0 Å². The van der Waals surface area contributed by atoms with Crippen LogP contribution in [0.5, 0.6) is 0 Å². The lowest BCUT2D eigenvalue weighted by atomic mass is 9.85. The standard InChI is InChI=1S/C9H20N2/c1-9(2)6-3-4-8(11-10)5-7-9/h8,11H,3-7,10H2,1-2H3. The molecule has 1 saturated carbocycles. The molecular formula is C9H20N2. The van der Waals surface area contributed by atoms with Crippen LogP contribution in [0.3, 0.4) is 0 Å². The largest absolute Gasteiger partial charge is 0.271 e. The first-order valence-electron chi connectivity index (χ1n) is 4.60. The molecule has 0 bridgehead atoms. The summed E-state index contributed by atoms with van der Waals surface area (Å²) in [7, 11) is 0. The van der Waals surface area contributed by atoms with Gasteiger partial charge in [-0.3, -0.25) is 11.3 Å². The molecule has 2 heteroatoms. The van der Waals surface area contributed by atoms with Gasteiger partial charge in [0.1, 0.15) is 0 Å². The Morgan fingerprint density at radius 2 is 2.00 bits per heavy atom. The SMILES string of the molecule is CC1(C)CCCC(NN)CC1. The van der Waals surface area contributed by atoms with Gasteiger partial charge in [0, 0.05) is 6.04 Å². The Morgan fingerprint density at radius 1 is 1.27 bits per heavy atom. The van der Waals surface area contributed by atoms with E-state index in [2.05, 4.69) is 19.3 Å². The fourth-order valence-corrected chi connectivity index (χ4v) is 1.83. The number of hydrogen-bond donors (Lipinski definition) is 2. The third kappa shape index (κ3) is 2.80. The van der Waals surface area contributed by atoms with Gasteiger partial charge in [-0.25, -0.2) is 0 Å². The lowest BCUT2D eigenvalue weighted by molar-refractivity contribution is 0.310. The highest BCUT2D eigenvalue weighted by atomic mass is 15.2. The van der Waals surface area contributed by atoms with Crippen molar-refractivity contribution < 1.29 is 0 Å². The fraction of sp³-hybridized carbons (Fsp3) is 1.00. The number of hydrazine groups is 1. The van der Waals surface area contributed by atoms with Gasteiger partial charge in [-0.2, -0.15) is 0 Å². The minimum atomic E-state index is 0.547. The lowest BCUT2D eigenvalue weighted by Gasteiger charge is -2.21. The summed E-state index contributed by atoms with van der Waals surface area (Å²) >= 11 is 0. The van der Waals surface area contributed by atoms with Crippen molar-refractivity contribution >= 4 is 0 Å². The van der Waals surface area contributed by atoms with Crippen LogP contribution < -0.4 is 11.3 Å². The molecule has 1 aliphatic rings. The van der Waals surface area contributed by atoms with Gasteiger partial charge in [-0.05, 0) is 31.1 Å². The number of rotatable bonds is 1. The van der Waals surface area contributed by atoms with Crippen molar-refractivity contribution in [3.8, 4) is 0 Å². The third-order valence-electron chi connectivity index (χ3n) is 2.81. The fourth-order valence-electron chi connectivity index (χ4n) is 1.83. The van der Waals surface area contributed by atoms with Gasteiger partial charge in [0.25, 0.3) is 0 Å². The minimum absolute atomic E-state index is 0.547. The van der Waals surface area contributed by atoms with Crippen molar-refractivity contribution in [2.24, 2.45) is 11.3 Å². The molecule has 1 unspecified atom stereocenters. The molecule has 2 nitrogen and oxygen atoms in total. The number of hydrogen-bond acceptors (Lipinski definition) is 2. The van der Waals surface area contributed by atoms with Gasteiger partial charge in [0.15, 0.2) is 0 Å². The number of nitrogens with one attached hydrogen (secondary N) is 1. The van der Waals surface area contributed by atoms with Gasteiger partial charge in [-0.15, -0.1) is 0 Å². The topological polar surface area (TPSA) is 38.0 Å². The molecule has 0 aromatic rings. The molecule has 0 aliphatic heterocycles. The van der Waals surface area contributed by atoms with Gasteiger partial charge >= 0.3 is 0 Å². The summed E-state index contributed by atoms with van der Waals surface area (Å²) in [5.41, 5.74) is 3.43. The summed E-state index contributed by atoms with van der Waals surface area (Å²) < 4.78 is 0. The maximum Gasteiger partial charge on any atom is 0.0210 e. The van der Waals surface area contributed by atoms with E-state index in [9.17, 15) is 0 Å². The molecule has 1 aliphatic carbocycles. The first-order valence-corrected chi connectivity index (χ1v) is 4.60. The second-order valence-corrected chi connectivity index (χ2v) is 4.46. The van der Waals surface area contributed by atoms with Crippen LogP contribution in [0, 0.1) is 5.41 Å². The monoisotopic (exact) mass is 156 g/mol. The molecule has 0 radical (unpaired) electrons. The highest BCUT2D eigenvalue weighted by molar-refractivity contribution is 4.78. The van der Waals surface area contributed by atoms with Gasteiger partial charge in [-0.1, -0.05) is 20.3 Å². The second-order valence-electron chi connectivity index (χ2n) is 4.46. The summed E-state index contributed by atoms with van der Waals surface area (Å²) in [4.78, 5) is 0. The van der Waals surface area contributed by atoms with E-state index in [0.29, 0.717) is 11.5 Å². The summed E-state index contributed by atoms with van der Waals surface area (Å²) in [6.45, 7) is 4.71. The van der Waals surface area contributed by atoms with E-state index in [4.69, 9.17) is 5.84 Å². The molecule has 66 valence electrons. The molecule has 1 fully saturated rings. The van der Waals surface area contributed by atoms with Crippen molar-refractivity contribution in [2.45, 2.75) is 52.0 Å². The Kier molecular flexibility index (Phi) is 2.90. The Bertz CT molecular complexity index is 121. The van der Waals surface area contributed by atoms with E-state index in [0.717, 1.165) is 0 Å². The first kappa shape index (κ1) is 9.01. The smallest absolute Gasteiger partial charge is 0.0210 e. The van der Waals surface area contributed by atoms with Crippen molar-refractivity contribution in [2.75, 3.05) is 0 Å². The molecule has 11 heavy (non-hydrogen) atoms.